The van der Waals surface area contributed by atoms with Gasteiger partial charge in [-0.2, -0.15) is 0 Å². The van der Waals surface area contributed by atoms with Crippen LogP contribution in [0.3, 0.4) is 0 Å². The van der Waals surface area contributed by atoms with E-state index in [9.17, 15) is 28.8 Å². The number of aromatic nitrogens is 4. The van der Waals surface area contributed by atoms with Crippen molar-refractivity contribution in [2.45, 2.75) is 75.9 Å². The average molecular weight is 965 g/mol. The minimum Gasteiger partial charge on any atom is -0.369 e. The molecular weight excluding hydrogens is 908 g/mol. The van der Waals surface area contributed by atoms with Crippen molar-refractivity contribution in [3.63, 3.8) is 0 Å². The van der Waals surface area contributed by atoms with Gasteiger partial charge in [-0.3, -0.25) is 43.9 Å². The van der Waals surface area contributed by atoms with E-state index in [-0.39, 0.29) is 59.5 Å². The molecule has 6 aliphatic rings. The van der Waals surface area contributed by atoms with Crippen LogP contribution >= 0.6 is 0 Å². The second-order valence-corrected chi connectivity index (χ2v) is 19.9. The molecule has 5 fully saturated rings. The van der Waals surface area contributed by atoms with Crippen LogP contribution in [0, 0.1) is 17.7 Å². The fraction of sp³-hybridized carbons (Fsp3) is 0.442. The molecule has 3 N–H and O–H groups in total. The van der Waals surface area contributed by atoms with E-state index in [1.54, 1.807) is 6.33 Å². The van der Waals surface area contributed by atoms with Gasteiger partial charge in [-0.15, -0.1) is 0 Å². The highest BCUT2D eigenvalue weighted by atomic mass is 19.1. The molecule has 368 valence electrons. The van der Waals surface area contributed by atoms with Gasteiger partial charge in [-0.05, 0) is 92.8 Å². The zero-order valence-corrected chi connectivity index (χ0v) is 39.5. The van der Waals surface area contributed by atoms with Gasteiger partial charge in [0.15, 0.2) is 17.0 Å². The molecule has 0 unspecified atom stereocenters. The number of halogens is 1. The summed E-state index contributed by atoms with van der Waals surface area (Å²) in [5, 5.41) is 8.79. The number of imidazole rings is 1. The molecule has 18 nitrogen and oxygen atoms in total. The smallest absolute Gasteiger partial charge is 0.262 e. The first-order valence-corrected chi connectivity index (χ1v) is 25.0. The van der Waals surface area contributed by atoms with Gasteiger partial charge in [0.05, 0.1) is 29.6 Å². The minimum absolute atomic E-state index is 0.00167. The third-order valence-electron chi connectivity index (χ3n) is 15.4. The Hall–Kier alpha value is -7.28. The molecule has 11 rings (SSSR count). The fourth-order valence-electron chi connectivity index (χ4n) is 11.3. The van der Waals surface area contributed by atoms with Crippen LogP contribution in [0.1, 0.15) is 83.7 Å². The highest BCUT2D eigenvalue weighted by molar-refractivity contribution is 6.23. The predicted octanol–water partition coefficient (Wildman–Crippen LogP) is 4.45. The fourth-order valence-corrected chi connectivity index (χ4v) is 11.3. The lowest BCUT2D eigenvalue weighted by Crippen LogP contribution is -2.54. The van der Waals surface area contributed by atoms with E-state index in [0.717, 1.165) is 99.4 Å². The second-order valence-electron chi connectivity index (χ2n) is 19.9. The van der Waals surface area contributed by atoms with Crippen molar-refractivity contribution in [3.8, 4) is 0 Å². The Balaban J connectivity index is 0.604. The normalized spacial score (nSPS) is 22.4. The molecular formula is C52H57FN12O6. The third kappa shape index (κ3) is 9.42. The number of rotatable bonds is 12. The lowest BCUT2D eigenvalue weighted by molar-refractivity contribution is -0.138. The largest absolute Gasteiger partial charge is 0.369 e. The first kappa shape index (κ1) is 46.1. The zero-order chi connectivity index (χ0) is 48.8. The standard InChI is InChI=1S/C52H57FN12O6/c53-41-27-39-40(52(71)65(51(39)70)42-10-11-44(66)59-49(42)68)28-43(41)62-18-14-34(15-19-62)50(69)63-16-12-33(13-17-63)29-60-20-22-61(23-21-60)37-8-6-35(7-9-37)58-47-46-48(55-30-54-47)64(31-56-46)38-25-36(26-38)57-45(67)24-32-4-2-1-3-5-32/h1-9,27-28,30-31,33-34,36,38,42H,10-26,29H2,(H,57,67)(H,54,55,58)(H,59,66,68)/t36?,38?,42-/m0/s1. The number of amides is 6. The highest BCUT2D eigenvalue weighted by Crippen LogP contribution is 2.37. The van der Waals surface area contributed by atoms with E-state index in [0.29, 0.717) is 49.6 Å². The maximum Gasteiger partial charge on any atom is 0.262 e. The number of carbonyl (C=O) groups is 6. The van der Waals surface area contributed by atoms with Gasteiger partial charge >= 0.3 is 0 Å². The molecule has 2 aromatic heterocycles. The third-order valence-corrected chi connectivity index (χ3v) is 15.4. The monoisotopic (exact) mass is 964 g/mol. The van der Waals surface area contributed by atoms with E-state index in [2.05, 4.69) is 69.5 Å². The van der Waals surface area contributed by atoms with E-state index >= 15 is 4.39 Å². The van der Waals surface area contributed by atoms with Crippen molar-refractivity contribution in [1.29, 1.82) is 0 Å². The maximum absolute atomic E-state index is 15.5. The number of anilines is 4. The van der Waals surface area contributed by atoms with Crippen LogP contribution in [-0.4, -0.2) is 141 Å². The summed E-state index contributed by atoms with van der Waals surface area (Å²) in [5.41, 5.74) is 4.69. The Labute approximate surface area is 409 Å². The van der Waals surface area contributed by atoms with Crippen LogP contribution < -0.4 is 25.8 Å². The summed E-state index contributed by atoms with van der Waals surface area (Å²) >= 11 is 0. The molecule has 0 radical (unpaired) electrons. The van der Waals surface area contributed by atoms with Crippen molar-refractivity contribution in [2.75, 3.05) is 74.0 Å². The number of hydrogen-bond acceptors (Lipinski definition) is 13. The molecule has 0 bridgehead atoms. The second kappa shape index (κ2) is 19.5. The number of piperidine rings is 3. The highest BCUT2D eigenvalue weighted by Gasteiger charge is 2.46. The quantitative estimate of drug-likeness (QED) is 0.149. The van der Waals surface area contributed by atoms with Crippen molar-refractivity contribution < 1.29 is 33.2 Å². The Morgan fingerprint density at radius 2 is 1.48 bits per heavy atom. The number of benzene rings is 3. The molecule has 1 saturated carbocycles. The summed E-state index contributed by atoms with van der Waals surface area (Å²) in [6.45, 7) is 7.11. The van der Waals surface area contributed by atoms with Crippen LogP contribution in [-0.2, 0) is 25.6 Å². The number of hydrogen-bond donors (Lipinski definition) is 3. The molecule has 19 heteroatoms. The van der Waals surface area contributed by atoms with Crippen LogP contribution in [0.5, 0.6) is 0 Å². The molecule has 5 aliphatic heterocycles. The Morgan fingerprint density at radius 1 is 0.761 bits per heavy atom. The molecule has 7 heterocycles. The number of imide groups is 2. The number of piperazine rings is 1. The topological polar surface area (TPSA) is 198 Å². The van der Waals surface area contributed by atoms with Crippen LogP contribution in [0.15, 0.2) is 79.4 Å². The number of fused-ring (bicyclic) bond motifs is 2. The first-order chi connectivity index (χ1) is 34.5. The van der Waals surface area contributed by atoms with Gasteiger partial charge in [0.1, 0.15) is 18.2 Å². The van der Waals surface area contributed by atoms with E-state index in [1.165, 1.54) is 11.8 Å². The molecule has 1 atom stereocenters. The minimum atomic E-state index is -1.12. The summed E-state index contributed by atoms with van der Waals surface area (Å²) in [7, 11) is 0. The summed E-state index contributed by atoms with van der Waals surface area (Å²) in [6.07, 6.45) is 8.44. The average Bonchev–Trinajstić information content (AvgIpc) is 3.90. The molecule has 4 saturated heterocycles. The summed E-state index contributed by atoms with van der Waals surface area (Å²) in [4.78, 5) is 100. The van der Waals surface area contributed by atoms with E-state index < -0.39 is 35.5 Å². The molecule has 3 aromatic carbocycles. The van der Waals surface area contributed by atoms with Gasteiger partial charge < -0.3 is 29.9 Å². The van der Waals surface area contributed by atoms with Gasteiger partial charge in [0.25, 0.3) is 11.8 Å². The maximum atomic E-state index is 15.5. The lowest BCUT2D eigenvalue weighted by Gasteiger charge is -2.41. The van der Waals surface area contributed by atoms with Crippen molar-refractivity contribution in [1.82, 2.24) is 44.9 Å². The van der Waals surface area contributed by atoms with Gasteiger partial charge in [0.2, 0.25) is 23.6 Å². The van der Waals surface area contributed by atoms with Crippen molar-refractivity contribution >= 4 is 69.5 Å². The number of nitrogens with zero attached hydrogens (tertiary/aromatic N) is 9. The first-order valence-electron chi connectivity index (χ1n) is 25.0. The lowest BCUT2D eigenvalue weighted by atomic mass is 9.86. The van der Waals surface area contributed by atoms with Gasteiger partial charge in [0, 0.05) is 94.7 Å². The van der Waals surface area contributed by atoms with Crippen LogP contribution in [0.2, 0.25) is 0 Å². The Bertz CT molecular complexity index is 2870. The van der Waals surface area contributed by atoms with Gasteiger partial charge in [-0.1, -0.05) is 30.3 Å². The summed E-state index contributed by atoms with van der Waals surface area (Å²) in [6, 6.07) is 19.9. The molecule has 0 spiro atoms. The molecule has 1 aliphatic carbocycles. The SMILES string of the molecule is O=C1CC[C@H](N2C(=O)c3cc(F)c(N4CCC(C(=O)N5CCC(CN6CCN(c7ccc(Nc8ncnc9c8ncn9C8CC(NC(=O)Cc9ccccc9)C8)cc7)CC6)CC5)CC4)cc3C2=O)C(=O)N1. The van der Waals surface area contributed by atoms with Gasteiger partial charge in [-0.25, -0.2) is 19.3 Å². The van der Waals surface area contributed by atoms with Crippen LogP contribution in [0.4, 0.5) is 27.3 Å². The van der Waals surface area contributed by atoms with Crippen molar-refractivity contribution in [2.24, 2.45) is 11.8 Å². The molecule has 6 amide bonds. The molecule has 71 heavy (non-hydrogen) atoms. The van der Waals surface area contributed by atoms with E-state index in [1.807, 2.05) is 46.5 Å². The zero-order valence-electron chi connectivity index (χ0n) is 39.5. The van der Waals surface area contributed by atoms with Crippen LogP contribution in [0.25, 0.3) is 11.2 Å². The number of carbonyl (C=O) groups excluding carboxylic acids is 6. The van der Waals surface area contributed by atoms with Crippen molar-refractivity contribution in [3.05, 3.63) is 102 Å². The summed E-state index contributed by atoms with van der Waals surface area (Å²) < 4.78 is 17.6. The predicted molar refractivity (Wildman–Crippen MR) is 261 cm³/mol. The number of likely N-dealkylation sites (tertiary alicyclic amines) is 1. The number of nitrogens with one attached hydrogen (secondary N) is 3. The van der Waals surface area contributed by atoms with E-state index in [4.69, 9.17) is 0 Å². The Kier molecular flexibility index (Phi) is 12.7. The Morgan fingerprint density at radius 3 is 2.20 bits per heavy atom. The summed E-state index contributed by atoms with van der Waals surface area (Å²) in [5.74, 6) is -2.06. The molecule has 5 aromatic rings.